The number of nitrogen functional groups attached to an aromatic ring is 1. The van der Waals surface area contributed by atoms with Crippen molar-refractivity contribution in [2.45, 2.75) is 25.4 Å². The number of nitrogens with zero attached hydrogens (tertiary/aromatic N) is 2. The maximum atomic E-state index is 6.59. The molecular formula is C23H31N3O4. The van der Waals surface area contributed by atoms with Crippen molar-refractivity contribution in [3.05, 3.63) is 35.5 Å². The molecule has 0 bridgehead atoms. The van der Waals surface area contributed by atoms with E-state index in [1.165, 1.54) is 12.0 Å². The summed E-state index contributed by atoms with van der Waals surface area (Å²) in [6, 6.07) is 6.51. The van der Waals surface area contributed by atoms with E-state index in [4.69, 9.17) is 24.7 Å². The van der Waals surface area contributed by atoms with Crippen molar-refractivity contribution in [1.29, 1.82) is 0 Å². The maximum absolute atomic E-state index is 6.59. The monoisotopic (exact) mass is 413 g/mol. The number of anilines is 1. The van der Waals surface area contributed by atoms with E-state index in [0.29, 0.717) is 30.8 Å². The summed E-state index contributed by atoms with van der Waals surface area (Å²) in [4.78, 5) is 0. The number of benzene rings is 2. The van der Waals surface area contributed by atoms with Crippen LogP contribution in [0.2, 0.25) is 0 Å². The molecule has 2 aliphatic heterocycles. The molecule has 4 rings (SSSR count). The third-order valence-electron chi connectivity index (χ3n) is 5.93. The van der Waals surface area contributed by atoms with Gasteiger partial charge >= 0.3 is 0 Å². The molecule has 2 aliphatic rings. The van der Waals surface area contributed by atoms with Crippen molar-refractivity contribution in [3.8, 4) is 11.5 Å². The van der Waals surface area contributed by atoms with Crippen LogP contribution >= 0.6 is 0 Å². The molecule has 0 radical (unpaired) electrons. The normalized spacial score (nSPS) is 18.8. The first-order valence-electron chi connectivity index (χ1n) is 10.4. The van der Waals surface area contributed by atoms with Crippen LogP contribution in [0.1, 0.15) is 24.0 Å². The number of hydrogen-bond donors (Lipinski definition) is 1. The van der Waals surface area contributed by atoms with Crippen molar-refractivity contribution in [2.24, 2.45) is 0 Å². The maximum Gasteiger partial charge on any atom is 0.168 e. The second-order valence-electron chi connectivity index (χ2n) is 7.72. The van der Waals surface area contributed by atoms with Gasteiger partial charge in [0.25, 0.3) is 0 Å². The van der Waals surface area contributed by atoms with Gasteiger partial charge in [-0.3, -0.25) is 0 Å². The van der Waals surface area contributed by atoms with E-state index in [1.54, 1.807) is 21.3 Å². The molecule has 2 N–H and O–H groups in total. The highest BCUT2D eigenvalue weighted by molar-refractivity contribution is 6.02. The molecule has 1 atom stereocenters. The Labute approximate surface area is 177 Å². The summed E-state index contributed by atoms with van der Waals surface area (Å²) < 4.78 is 22.1. The van der Waals surface area contributed by atoms with Gasteiger partial charge in [0.2, 0.25) is 0 Å². The molecule has 0 amide bonds. The fourth-order valence-corrected chi connectivity index (χ4v) is 4.50. The summed E-state index contributed by atoms with van der Waals surface area (Å²) in [6.07, 6.45) is 6.59. The van der Waals surface area contributed by atoms with E-state index < -0.39 is 0 Å². The zero-order valence-corrected chi connectivity index (χ0v) is 18.0. The van der Waals surface area contributed by atoms with Gasteiger partial charge in [0.15, 0.2) is 11.5 Å². The van der Waals surface area contributed by atoms with E-state index in [-0.39, 0.29) is 0 Å². The Hall–Kier alpha value is -2.48. The third kappa shape index (κ3) is 3.80. The number of nitrogens with two attached hydrogens (primary N) is 1. The van der Waals surface area contributed by atoms with Crippen molar-refractivity contribution in [1.82, 2.24) is 10.0 Å². The summed E-state index contributed by atoms with van der Waals surface area (Å²) in [5.74, 6) is 1.40. The Morgan fingerprint density at radius 2 is 1.97 bits per heavy atom. The predicted octanol–water partition coefficient (Wildman–Crippen LogP) is 3.27. The van der Waals surface area contributed by atoms with E-state index in [0.717, 1.165) is 48.1 Å². The van der Waals surface area contributed by atoms with Crippen LogP contribution in [0.3, 0.4) is 0 Å². The summed E-state index contributed by atoms with van der Waals surface area (Å²) in [7, 11) is 5.09. The van der Waals surface area contributed by atoms with Crippen molar-refractivity contribution in [2.75, 3.05) is 53.4 Å². The predicted molar refractivity (Wildman–Crippen MR) is 118 cm³/mol. The van der Waals surface area contributed by atoms with E-state index in [2.05, 4.69) is 28.4 Å². The molecule has 7 nitrogen and oxygen atoms in total. The van der Waals surface area contributed by atoms with Crippen LogP contribution < -0.4 is 15.2 Å². The molecule has 30 heavy (non-hydrogen) atoms. The van der Waals surface area contributed by atoms with Crippen LogP contribution in [0.4, 0.5) is 5.69 Å². The molecule has 0 aromatic heterocycles. The van der Waals surface area contributed by atoms with Gasteiger partial charge in [-0.15, -0.1) is 0 Å². The Morgan fingerprint density at radius 3 is 2.73 bits per heavy atom. The number of hydrogen-bond acceptors (Lipinski definition) is 7. The highest BCUT2D eigenvalue weighted by Gasteiger charge is 2.30. The first-order chi connectivity index (χ1) is 14.7. The second-order valence-corrected chi connectivity index (χ2v) is 7.72. The Balaban J connectivity index is 1.69. The molecule has 2 aromatic rings. The Bertz CT molecular complexity index is 931. The minimum atomic E-state index is 0.411. The average Bonchev–Trinajstić information content (AvgIpc) is 3.22. The Kier molecular flexibility index (Phi) is 6.32. The number of fused-ring (bicyclic) bond motifs is 2. The highest BCUT2D eigenvalue weighted by atomic mass is 16.5. The molecule has 0 saturated carbocycles. The van der Waals surface area contributed by atoms with Gasteiger partial charge in [-0.25, -0.2) is 5.01 Å². The van der Waals surface area contributed by atoms with Crippen LogP contribution in [0.5, 0.6) is 11.5 Å². The van der Waals surface area contributed by atoms with Gasteiger partial charge in [-0.1, -0.05) is 0 Å². The molecule has 1 saturated heterocycles. The van der Waals surface area contributed by atoms with Crippen LogP contribution in [0.15, 0.2) is 24.4 Å². The van der Waals surface area contributed by atoms with Gasteiger partial charge in [0.05, 0.1) is 32.9 Å². The van der Waals surface area contributed by atoms with Gasteiger partial charge in [0, 0.05) is 49.0 Å². The first kappa shape index (κ1) is 20.8. The molecule has 2 heterocycles. The van der Waals surface area contributed by atoms with Crippen molar-refractivity contribution >= 4 is 22.5 Å². The molecule has 1 fully saturated rings. The van der Waals surface area contributed by atoms with Crippen LogP contribution in [0, 0.1) is 0 Å². The van der Waals surface area contributed by atoms with Crippen LogP contribution in [-0.2, 0) is 16.0 Å². The molecule has 2 aromatic carbocycles. The van der Waals surface area contributed by atoms with E-state index in [1.807, 2.05) is 12.1 Å². The van der Waals surface area contributed by atoms with Crippen LogP contribution in [0.25, 0.3) is 16.8 Å². The van der Waals surface area contributed by atoms with Crippen LogP contribution in [-0.4, -0.2) is 63.8 Å². The molecule has 0 spiro atoms. The van der Waals surface area contributed by atoms with Crippen molar-refractivity contribution in [3.63, 3.8) is 0 Å². The SMILES string of the molecule is COCCOc1ccc2c(N)c3c(cc2c1OC)CN(N1CCC[C@@H]1COC)C=C3. The highest BCUT2D eigenvalue weighted by Crippen LogP contribution is 2.42. The zero-order valence-electron chi connectivity index (χ0n) is 18.0. The number of methoxy groups -OCH3 is 3. The Morgan fingerprint density at radius 1 is 1.10 bits per heavy atom. The molecule has 7 heteroatoms. The van der Waals surface area contributed by atoms with Crippen molar-refractivity contribution < 1.29 is 18.9 Å². The smallest absolute Gasteiger partial charge is 0.168 e. The first-order valence-corrected chi connectivity index (χ1v) is 10.4. The standard InChI is InChI=1S/C23H31N3O4/c1-27-11-12-30-21-7-6-19-20(23(21)29-3)13-16-14-25(10-8-18(16)22(19)24)26-9-4-5-17(26)15-28-2/h6-8,10,13,17H,4-5,9,11-12,14-15,24H2,1-3H3/t17-/m1/s1. The summed E-state index contributed by atoms with van der Waals surface area (Å²) >= 11 is 0. The molecule has 162 valence electrons. The zero-order chi connectivity index (χ0) is 21.1. The lowest BCUT2D eigenvalue weighted by molar-refractivity contribution is -0.0253. The fourth-order valence-electron chi connectivity index (χ4n) is 4.50. The van der Waals surface area contributed by atoms with Gasteiger partial charge < -0.3 is 29.7 Å². The molecular weight excluding hydrogens is 382 g/mol. The summed E-state index contributed by atoms with van der Waals surface area (Å²) in [6.45, 7) is 3.53. The van der Waals surface area contributed by atoms with Gasteiger partial charge in [-0.2, -0.15) is 0 Å². The largest absolute Gasteiger partial charge is 0.492 e. The fraction of sp³-hybridized carbons (Fsp3) is 0.478. The average molecular weight is 414 g/mol. The third-order valence-corrected chi connectivity index (χ3v) is 5.93. The van der Waals surface area contributed by atoms with E-state index in [9.17, 15) is 0 Å². The lowest BCUT2D eigenvalue weighted by Gasteiger charge is -2.37. The lowest BCUT2D eigenvalue weighted by atomic mass is 9.95. The van der Waals surface area contributed by atoms with E-state index >= 15 is 0 Å². The van der Waals surface area contributed by atoms with Gasteiger partial charge in [-0.05, 0) is 42.7 Å². The minimum Gasteiger partial charge on any atom is -0.492 e. The minimum absolute atomic E-state index is 0.411. The molecule has 0 aliphatic carbocycles. The van der Waals surface area contributed by atoms with Gasteiger partial charge in [0.1, 0.15) is 6.61 Å². The lowest BCUT2D eigenvalue weighted by Crippen LogP contribution is -2.44. The number of rotatable bonds is 8. The summed E-state index contributed by atoms with van der Waals surface area (Å²) in [5, 5.41) is 6.63. The number of ether oxygens (including phenoxy) is 4. The quantitative estimate of drug-likeness (QED) is 0.526. The number of hydrazine groups is 1. The molecule has 0 unspecified atom stereocenters. The summed E-state index contributed by atoms with van der Waals surface area (Å²) in [5.41, 5.74) is 9.62. The second kappa shape index (κ2) is 9.12. The topological polar surface area (TPSA) is 69.4 Å².